The van der Waals surface area contributed by atoms with Crippen molar-refractivity contribution in [2.45, 2.75) is 92.9 Å². The number of hydrogen-bond acceptors (Lipinski definition) is 11. The molecule has 60 heavy (non-hydrogen) atoms. The quantitative estimate of drug-likeness (QED) is 0.0682. The van der Waals surface area contributed by atoms with Crippen molar-refractivity contribution in [2.24, 2.45) is 0 Å². The van der Waals surface area contributed by atoms with Gasteiger partial charge < -0.3 is 14.2 Å². The van der Waals surface area contributed by atoms with Gasteiger partial charge in [0.2, 0.25) is 30.1 Å². The van der Waals surface area contributed by atoms with Crippen molar-refractivity contribution in [3.8, 4) is 17.2 Å². The molecule has 0 spiro atoms. The molecule has 3 aliphatic heterocycles. The van der Waals surface area contributed by atoms with E-state index in [2.05, 4.69) is 0 Å². The molecule has 3 fully saturated rings. The topological polar surface area (TPSA) is 183 Å². The number of nitro benzene ring substituents is 1. The fraction of sp³-hybridized carbons (Fsp3) is 0.476. The molecule has 0 bridgehead atoms. The van der Waals surface area contributed by atoms with Gasteiger partial charge in [-0.05, 0) is 56.7 Å². The first-order valence-corrected chi connectivity index (χ1v) is 24.9. The highest BCUT2D eigenvalue weighted by Crippen LogP contribution is 2.47. The van der Waals surface area contributed by atoms with E-state index in [-0.39, 0.29) is 97.5 Å². The van der Waals surface area contributed by atoms with Gasteiger partial charge in [0.25, 0.3) is 5.69 Å². The molecule has 0 radical (unpaired) electrons. The summed E-state index contributed by atoms with van der Waals surface area (Å²) in [6.07, 6.45) is 6.65. The largest absolute Gasteiger partial charge is 0.493 e. The normalized spacial score (nSPS) is 17.7. The van der Waals surface area contributed by atoms with Crippen LogP contribution in [0.3, 0.4) is 0 Å². The number of nitro groups is 1. The maximum absolute atomic E-state index is 14.7. The summed E-state index contributed by atoms with van der Waals surface area (Å²) in [6, 6.07) is 11.8. The Morgan fingerprint density at radius 2 is 0.900 bits per heavy atom. The van der Waals surface area contributed by atoms with Crippen LogP contribution in [0.15, 0.2) is 63.2 Å². The minimum Gasteiger partial charge on any atom is -0.493 e. The van der Waals surface area contributed by atoms with E-state index in [0.717, 1.165) is 19.3 Å². The molecular weight excluding hydrogens is 833 g/mol. The van der Waals surface area contributed by atoms with E-state index in [9.17, 15) is 35.4 Å². The molecule has 0 amide bonds. The zero-order chi connectivity index (χ0) is 43.0. The maximum Gasteiger partial charge on any atom is 0.280 e. The monoisotopic (exact) mass is 884 g/mol. The minimum atomic E-state index is -4.23. The Bertz CT molecular complexity index is 2680. The van der Waals surface area contributed by atoms with E-state index in [1.54, 1.807) is 24.3 Å². The molecule has 0 saturated carbocycles. The summed E-state index contributed by atoms with van der Waals surface area (Å²) < 4.78 is 109. The number of rotatable bonds is 12. The van der Waals surface area contributed by atoms with Gasteiger partial charge in [0.15, 0.2) is 11.5 Å². The Hall–Kier alpha value is -4.33. The molecule has 0 aliphatic carbocycles. The SMILES string of the molecule is CC.COc1cc(COc2cc(S(=O)(=O)N3CCCCC3)c3ccc4c(S(=O)(=O)N5CCCCC5)cc(S(=O)(=O)N5CCCCC5)c5ccc2c3c54)c([N+](=O)[O-])cc1OC. The number of sulfonamides is 3. The average molecular weight is 885 g/mol. The number of ether oxygens (including phenoxy) is 3. The molecule has 0 N–H and O–H groups in total. The van der Waals surface area contributed by atoms with Gasteiger partial charge in [0, 0.05) is 77.7 Å². The lowest BCUT2D eigenvalue weighted by atomic mass is 9.93. The number of piperidine rings is 3. The van der Waals surface area contributed by atoms with Gasteiger partial charge in [-0.3, -0.25) is 10.1 Å². The predicted octanol–water partition coefficient (Wildman–Crippen LogP) is 7.64. The van der Waals surface area contributed by atoms with Gasteiger partial charge in [-0.15, -0.1) is 0 Å². The zero-order valence-electron chi connectivity index (χ0n) is 34.4. The predicted molar refractivity (Wildman–Crippen MR) is 230 cm³/mol. The first-order chi connectivity index (χ1) is 28.8. The zero-order valence-corrected chi connectivity index (χ0v) is 36.9. The van der Waals surface area contributed by atoms with Crippen molar-refractivity contribution in [2.75, 3.05) is 53.5 Å². The van der Waals surface area contributed by atoms with E-state index in [4.69, 9.17) is 14.2 Å². The van der Waals surface area contributed by atoms with Crippen molar-refractivity contribution in [3.63, 3.8) is 0 Å². The minimum absolute atomic E-state index is 0.0614. The third-order valence-corrected chi connectivity index (χ3v) is 17.5. The van der Waals surface area contributed by atoms with Crippen LogP contribution in [0.2, 0.25) is 0 Å². The molecule has 3 heterocycles. The lowest BCUT2D eigenvalue weighted by Crippen LogP contribution is -2.37. The second-order valence-corrected chi connectivity index (χ2v) is 20.8. The second kappa shape index (κ2) is 17.6. The Kier molecular flexibility index (Phi) is 12.8. The second-order valence-electron chi connectivity index (χ2n) is 15.1. The average Bonchev–Trinajstić information content (AvgIpc) is 3.28. The summed E-state index contributed by atoms with van der Waals surface area (Å²) >= 11 is 0. The van der Waals surface area contributed by atoms with Gasteiger partial charge >= 0.3 is 0 Å². The first-order valence-electron chi connectivity index (χ1n) is 20.6. The molecule has 0 unspecified atom stereocenters. The molecule has 18 heteroatoms. The summed E-state index contributed by atoms with van der Waals surface area (Å²) in [7, 11) is -9.90. The number of nitrogens with zero attached hydrogens (tertiary/aromatic N) is 4. The van der Waals surface area contributed by atoms with Crippen molar-refractivity contribution >= 4 is 68.1 Å². The standard InChI is InChI=1S/C40H46N4O11S3.C2H6/c1-53-34-22-27(32(44(45)46)23-35(34)54-2)26-55-33-24-36(56(47,48)41-16-6-3-7-17-41)29-14-15-31-38(58(51,52)43-20-10-5-11-21-43)25-37(30-13-12-28(33)39(29)40(30)31)57(49,50)42-18-8-4-9-19-42;1-2/h12-15,22-25H,3-11,16-21,26H2,1-2H3;1-2H3. The maximum atomic E-state index is 14.7. The number of methoxy groups -OCH3 is 2. The highest BCUT2D eigenvalue weighted by Gasteiger charge is 2.36. The van der Waals surface area contributed by atoms with E-state index in [1.165, 1.54) is 51.4 Å². The van der Waals surface area contributed by atoms with E-state index >= 15 is 0 Å². The van der Waals surface area contributed by atoms with Crippen LogP contribution in [0.4, 0.5) is 5.69 Å². The summed E-state index contributed by atoms with van der Waals surface area (Å²) in [5.41, 5.74) is -0.185. The van der Waals surface area contributed by atoms with Gasteiger partial charge in [0.05, 0.1) is 45.5 Å². The Labute approximate surface area is 351 Å². The van der Waals surface area contributed by atoms with Crippen LogP contribution < -0.4 is 14.2 Å². The summed E-state index contributed by atoms with van der Waals surface area (Å²) in [4.78, 5) is 11.2. The molecular formula is C42H52N4O11S3. The molecule has 3 saturated heterocycles. The smallest absolute Gasteiger partial charge is 0.280 e. The van der Waals surface area contributed by atoms with E-state index in [1.807, 2.05) is 13.8 Å². The summed E-state index contributed by atoms with van der Waals surface area (Å²) in [5, 5.41) is 14.0. The van der Waals surface area contributed by atoms with Crippen molar-refractivity contribution in [1.29, 1.82) is 0 Å². The highest BCUT2D eigenvalue weighted by atomic mass is 32.2. The molecule has 5 aromatic carbocycles. The Morgan fingerprint density at radius 3 is 1.30 bits per heavy atom. The van der Waals surface area contributed by atoms with Crippen LogP contribution in [0, 0.1) is 10.1 Å². The summed E-state index contributed by atoms with van der Waals surface area (Å²) in [6.45, 7) is 5.37. The Morgan fingerprint density at radius 1 is 0.533 bits per heavy atom. The van der Waals surface area contributed by atoms with Gasteiger partial charge in [-0.25, -0.2) is 25.3 Å². The third-order valence-electron chi connectivity index (χ3n) is 11.7. The number of benzene rings is 5. The Balaban J connectivity index is 0.00000268. The highest BCUT2D eigenvalue weighted by molar-refractivity contribution is 7.90. The third kappa shape index (κ3) is 7.74. The molecule has 5 aromatic rings. The fourth-order valence-corrected chi connectivity index (χ4v) is 14.0. The lowest BCUT2D eigenvalue weighted by molar-refractivity contribution is -0.385. The van der Waals surface area contributed by atoms with E-state index in [0.29, 0.717) is 62.4 Å². The van der Waals surface area contributed by atoms with Crippen LogP contribution in [0.5, 0.6) is 17.2 Å². The van der Waals surface area contributed by atoms with Crippen molar-refractivity contribution < 1.29 is 44.4 Å². The van der Waals surface area contributed by atoms with Gasteiger partial charge in [-0.2, -0.15) is 12.9 Å². The molecule has 0 aromatic heterocycles. The number of hydrogen-bond donors (Lipinski definition) is 0. The van der Waals surface area contributed by atoms with Crippen LogP contribution in [0.25, 0.3) is 32.3 Å². The lowest BCUT2D eigenvalue weighted by Gasteiger charge is -2.30. The van der Waals surface area contributed by atoms with Gasteiger partial charge in [-0.1, -0.05) is 51.3 Å². The van der Waals surface area contributed by atoms with Gasteiger partial charge in [0.1, 0.15) is 12.4 Å². The molecule has 0 atom stereocenters. The van der Waals surface area contributed by atoms with Crippen LogP contribution in [-0.2, 0) is 36.7 Å². The van der Waals surface area contributed by atoms with E-state index < -0.39 is 35.0 Å². The molecule has 15 nitrogen and oxygen atoms in total. The molecule has 8 rings (SSSR count). The molecule has 3 aliphatic rings. The summed E-state index contributed by atoms with van der Waals surface area (Å²) in [5.74, 6) is 0.424. The van der Waals surface area contributed by atoms with Crippen LogP contribution >= 0.6 is 0 Å². The fourth-order valence-electron chi connectivity index (χ4n) is 8.71. The van der Waals surface area contributed by atoms with Crippen molar-refractivity contribution in [3.05, 3.63) is 64.2 Å². The van der Waals surface area contributed by atoms with Crippen molar-refractivity contribution in [1.82, 2.24) is 12.9 Å². The first kappa shape index (κ1) is 43.7. The van der Waals surface area contributed by atoms with Crippen LogP contribution in [0.1, 0.15) is 77.2 Å². The van der Waals surface area contributed by atoms with Crippen LogP contribution in [-0.4, -0.2) is 96.6 Å². The molecule has 324 valence electrons.